The Balaban J connectivity index is 1.73. The molecule has 1 aromatic heterocycles. The zero-order valence-corrected chi connectivity index (χ0v) is 10.5. The van der Waals surface area contributed by atoms with E-state index in [4.69, 9.17) is 5.26 Å². The molecule has 1 N–H and O–H groups in total. The Bertz CT molecular complexity index is 355. The Morgan fingerprint density at radius 2 is 2.18 bits per heavy atom. The first kappa shape index (κ1) is 12.2. The van der Waals surface area contributed by atoms with Gasteiger partial charge in [-0.1, -0.05) is 0 Å². The third-order valence-electron chi connectivity index (χ3n) is 3.90. The van der Waals surface area contributed by atoms with Gasteiger partial charge in [0.25, 0.3) is 0 Å². The highest BCUT2D eigenvalue weighted by atomic mass is 15.1. The largest absolute Gasteiger partial charge is 0.365 e. The first-order chi connectivity index (χ1) is 8.29. The molecular weight excluding hydrogens is 210 g/mol. The van der Waals surface area contributed by atoms with E-state index in [1.54, 1.807) is 0 Å². The van der Waals surface area contributed by atoms with Gasteiger partial charge in [0.1, 0.15) is 0 Å². The fourth-order valence-electron chi connectivity index (χ4n) is 2.65. The van der Waals surface area contributed by atoms with E-state index in [1.807, 2.05) is 12.3 Å². The lowest BCUT2D eigenvalue weighted by molar-refractivity contribution is 0.180. The molecule has 1 aliphatic rings. The molecule has 1 saturated carbocycles. The van der Waals surface area contributed by atoms with Gasteiger partial charge in [0.2, 0.25) is 0 Å². The first-order valence-corrected chi connectivity index (χ1v) is 6.51. The summed E-state index contributed by atoms with van der Waals surface area (Å²) >= 11 is 0. The van der Waals surface area contributed by atoms with Gasteiger partial charge in [-0.25, -0.2) is 0 Å². The van der Waals surface area contributed by atoms with Crippen LogP contribution in [0, 0.1) is 17.2 Å². The van der Waals surface area contributed by atoms with Crippen LogP contribution in [-0.2, 0) is 6.42 Å². The van der Waals surface area contributed by atoms with Crippen molar-refractivity contribution in [2.75, 3.05) is 13.6 Å². The summed E-state index contributed by atoms with van der Waals surface area (Å²) in [5.41, 5.74) is 1.31. The van der Waals surface area contributed by atoms with Gasteiger partial charge in [-0.3, -0.25) is 0 Å². The highest BCUT2D eigenvalue weighted by Gasteiger charge is 2.23. The number of likely N-dealkylation sites (N-methyl/N-ethyl adjacent to an activating group) is 1. The third-order valence-corrected chi connectivity index (χ3v) is 3.90. The predicted molar refractivity (Wildman–Crippen MR) is 68.5 cm³/mol. The second-order valence-corrected chi connectivity index (χ2v) is 5.06. The summed E-state index contributed by atoms with van der Waals surface area (Å²) in [4.78, 5) is 5.69. The highest BCUT2D eigenvalue weighted by molar-refractivity contribution is 5.04. The number of aromatic nitrogens is 1. The molecule has 0 unspecified atom stereocenters. The minimum absolute atomic E-state index is 0.308. The molecule has 0 aliphatic heterocycles. The van der Waals surface area contributed by atoms with Crippen molar-refractivity contribution >= 4 is 0 Å². The molecule has 0 radical (unpaired) electrons. The molecule has 2 rings (SSSR count). The fourth-order valence-corrected chi connectivity index (χ4v) is 2.65. The molecule has 1 fully saturated rings. The normalized spacial score (nSPS) is 24.8. The molecule has 3 nitrogen and oxygen atoms in total. The number of nitrogens with one attached hydrogen (secondary N) is 1. The van der Waals surface area contributed by atoms with Crippen molar-refractivity contribution in [3.05, 3.63) is 24.0 Å². The van der Waals surface area contributed by atoms with Gasteiger partial charge < -0.3 is 9.88 Å². The topological polar surface area (TPSA) is 42.8 Å². The molecule has 92 valence electrons. The van der Waals surface area contributed by atoms with E-state index in [-0.39, 0.29) is 0 Å². The lowest BCUT2D eigenvalue weighted by Crippen LogP contribution is -2.36. The van der Waals surface area contributed by atoms with E-state index < -0.39 is 0 Å². The third kappa shape index (κ3) is 3.34. The summed E-state index contributed by atoms with van der Waals surface area (Å²) in [5, 5.41) is 8.88. The van der Waals surface area contributed by atoms with Gasteiger partial charge in [0.05, 0.1) is 6.07 Å². The monoisotopic (exact) mass is 231 g/mol. The second kappa shape index (κ2) is 5.88. The molecule has 17 heavy (non-hydrogen) atoms. The van der Waals surface area contributed by atoms with E-state index >= 15 is 0 Å². The van der Waals surface area contributed by atoms with Gasteiger partial charge in [-0.05, 0) is 44.9 Å². The Kier molecular flexibility index (Phi) is 4.22. The highest BCUT2D eigenvalue weighted by Crippen LogP contribution is 2.26. The molecule has 0 atom stereocenters. The van der Waals surface area contributed by atoms with Crippen LogP contribution in [0.3, 0.4) is 0 Å². The van der Waals surface area contributed by atoms with Crippen LogP contribution in [0.15, 0.2) is 18.3 Å². The lowest BCUT2D eigenvalue weighted by atomic mass is 9.86. The van der Waals surface area contributed by atoms with Gasteiger partial charge >= 0.3 is 0 Å². The van der Waals surface area contributed by atoms with Gasteiger partial charge in [-0.2, -0.15) is 5.26 Å². The van der Waals surface area contributed by atoms with Crippen molar-refractivity contribution in [1.82, 2.24) is 9.88 Å². The minimum Gasteiger partial charge on any atom is -0.365 e. The van der Waals surface area contributed by atoms with Gasteiger partial charge in [-0.15, -0.1) is 0 Å². The van der Waals surface area contributed by atoms with E-state index in [0.29, 0.717) is 12.0 Å². The smallest absolute Gasteiger partial charge is 0.0655 e. The molecule has 0 bridgehead atoms. The molecule has 0 spiro atoms. The average molecular weight is 231 g/mol. The molecule has 1 heterocycles. The summed E-state index contributed by atoms with van der Waals surface area (Å²) in [7, 11) is 2.21. The quantitative estimate of drug-likeness (QED) is 0.865. The summed E-state index contributed by atoms with van der Waals surface area (Å²) in [6, 6.07) is 7.26. The van der Waals surface area contributed by atoms with E-state index in [0.717, 1.165) is 25.8 Å². The SMILES string of the molecule is CN(CCc1ccc[nH]1)C1CCC(C#N)CC1. The Labute approximate surface area is 103 Å². The molecular formula is C14H21N3. The number of rotatable bonds is 4. The van der Waals surface area contributed by atoms with Gasteiger partial charge in [0, 0.05) is 36.8 Å². The van der Waals surface area contributed by atoms with Crippen molar-refractivity contribution in [3.63, 3.8) is 0 Å². The molecule has 0 saturated heterocycles. The van der Waals surface area contributed by atoms with Crippen molar-refractivity contribution < 1.29 is 0 Å². The maximum Gasteiger partial charge on any atom is 0.0655 e. The Hall–Kier alpha value is -1.27. The van der Waals surface area contributed by atoms with Crippen LogP contribution < -0.4 is 0 Å². The zero-order chi connectivity index (χ0) is 12.1. The maximum atomic E-state index is 8.88. The van der Waals surface area contributed by atoms with Crippen LogP contribution in [0.4, 0.5) is 0 Å². The van der Waals surface area contributed by atoms with E-state index in [9.17, 15) is 0 Å². The minimum atomic E-state index is 0.308. The fraction of sp³-hybridized carbons (Fsp3) is 0.643. The van der Waals surface area contributed by atoms with Crippen molar-refractivity contribution in [3.8, 4) is 6.07 Å². The Morgan fingerprint density at radius 1 is 1.41 bits per heavy atom. The van der Waals surface area contributed by atoms with Crippen LogP contribution in [0.5, 0.6) is 0 Å². The van der Waals surface area contributed by atoms with Crippen LogP contribution in [0.1, 0.15) is 31.4 Å². The maximum absolute atomic E-state index is 8.88. The zero-order valence-electron chi connectivity index (χ0n) is 10.5. The van der Waals surface area contributed by atoms with Crippen LogP contribution >= 0.6 is 0 Å². The second-order valence-electron chi connectivity index (χ2n) is 5.06. The van der Waals surface area contributed by atoms with Crippen molar-refractivity contribution in [1.29, 1.82) is 5.26 Å². The number of aromatic amines is 1. The van der Waals surface area contributed by atoms with Crippen LogP contribution in [-0.4, -0.2) is 29.5 Å². The summed E-state index contributed by atoms with van der Waals surface area (Å²) in [6.45, 7) is 1.10. The summed E-state index contributed by atoms with van der Waals surface area (Å²) in [5.74, 6) is 0.308. The number of nitrogens with zero attached hydrogens (tertiary/aromatic N) is 2. The number of hydrogen-bond donors (Lipinski definition) is 1. The molecule has 0 amide bonds. The number of nitriles is 1. The first-order valence-electron chi connectivity index (χ1n) is 6.51. The number of H-pyrrole nitrogens is 1. The average Bonchev–Trinajstić information content (AvgIpc) is 2.89. The van der Waals surface area contributed by atoms with E-state index in [2.05, 4.69) is 29.1 Å². The lowest BCUT2D eigenvalue weighted by Gasteiger charge is -2.32. The molecule has 1 aromatic rings. The van der Waals surface area contributed by atoms with E-state index in [1.165, 1.54) is 18.5 Å². The van der Waals surface area contributed by atoms with Gasteiger partial charge in [0.15, 0.2) is 0 Å². The summed E-state index contributed by atoms with van der Waals surface area (Å²) < 4.78 is 0. The molecule has 1 aliphatic carbocycles. The standard InChI is InChI=1S/C14H21N3/c1-17(10-8-13-3-2-9-16-13)14-6-4-12(11-15)5-7-14/h2-3,9,12,14,16H,4-8,10H2,1H3. The Morgan fingerprint density at radius 3 is 2.76 bits per heavy atom. The molecule has 0 aromatic carbocycles. The van der Waals surface area contributed by atoms with Crippen molar-refractivity contribution in [2.45, 2.75) is 38.1 Å². The van der Waals surface area contributed by atoms with Crippen LogP contribution in [0.2, 0.25) is 0 Å². The molecule has 3 heteroatoms. The summed E-state index contributed by atoms with van der Waals surface area (Å²) in [6.07, 6.45) is 7.58. The van der Waals surface area contributed by atoms with Crippen LogP contribution in [0.25, 0.3) is 0 Å². The van der Waals surface area contributed by atoms with Crippen molar-refractivity contribution in [2.24, 2.45) is 5.92 Å². The predicted octanol–water partition coefficient (Wildman–Crippen LogP) is 2.57. The number of hydrogen-bond acceptors (Lipinski definition) is 2.